The smallest absolute Gasteiger partial charge is 0.233 e. The summed E-state index contributed by atoms with van der Waals surface area (Å²) in [5, 5.41) is 9.59. The molecule has 2 heterocycles. The number of benzene rings is 1. The number of unbranched alkanes of at least 4 members (excludes halogenated alkanes) is 1. The Bertz CT molecular complexity index is 794. The van der Waals surface area contributed by atoms with E-state index in [4.69, 9.17) is 9.47 Å². The van der Waals surface area contributed by atoms with E-state index >= 15 is 0 Å². The predicted molar refractivity (Wildman–Crippen MR) is 114 cm³/mol. The topological polar surface area (TPSA) is 69.5 Å². The van der Waals surface area contributed by atoms with E-state index in [0.717, 1.165) is 48.1 Å². The Balaban J connectivity index is 1.71. The summed E-state index contributed by atoms with van der Waals surface area (Å²) in [5.74, 6) is 2.13. The molecule has 2 aromatic rings. The quantitative estimate of drug-likeness (QED) is 0.581. The van der Waals surface area contributed by atoms with Crippen molar-refractivity contribution in [3.8, 4) is 17.1 Å². The lowest BCUT2D eigenvalue weighted by Gasteiger charge is -2.32. The zero-order valence-electron chi connectivity index (χ0n) is 17.5. The maximum atomic E-state index is 12.7. The molecule has 158 valence electrons. The maximum absolute atomic E-state index is 12.7. The molecule has 1 aliphatic rings. The normalized spacial score (nSPS) is 16.8. The summed E-state index contributed by atoms with van der Waals surface area (Å²) in [6.45, 7) is 7.03. The van der Waals surface area contributed by atoms with Crippen LogP contribution in [0, 0.1) is 0 Å². The van der Waals surface area contributed by atoms with E-state index in [2.05, 4.69) is 28.6 Å². The van der Waals surface area contributed by atoms with Crippen LogP contribution in [-0.4, -0.2) is 64.2 Å². The van der Waals surface area contributed by atoms with Crippen LogP contribution in [-0.2, 0) is 16.1 Å². The average Bonchev–Trinajstić information content (AvgIpc) is 3.18. The van der Waals surface area contributed by atoms with Crippen LogP contribution in [0.25, 0.3) is 11.4 Å². The molecule has 0 radical (unpaired) electrons. The molecule has 0 bridgehead atoms. The second-order valence-corrected chi connectivity index (χ2v) is 8.01. The lowest BCUT2D eigenvalue weighted by atomic mass is 10.2. The summed E-state index contributed by atoms with van der Waals surface area (Å²) in [4.78, 5) is 14.6. The van der Waals surface area contributed by atoms with Crippen molar-refractivity contribution in [3.05, 3.63) is 24.3 Å². The number of methoxy groups -OCH3 is 1. The van der Waals surface area contributed by atoms with E-state index in [1.54, 1.807) is 7.11 Å². The van der Waals surface area contributed by atoms with Gasteiger partial charge in [-0.15, -0.1) is 10.2 Å². The highest BCUT2D eigenvalue weighted by molar-refractivity contribution is 7.99. The monoisotopic (exact) mass is 418 g/mol. The average molecular weight is 419 g/mol. The number of rotatable bonds is 9. The molecule has 1 amide bonds. The number of carbonyl (C=O) groups excluding carboxylic acids is 1. The number of nitrogens with zero attached hydrogens (tertiary/aromatic N) is 4. The highest BCUT2D eigenvalue weighted by atomic mass is 32.2. The minimum Gasteiger partial charge on any atom is -0.497 e. The van der Waals surface area contributed by atoms with Crippen molar-refractivity contribution in [2.45, 2.75) is 50.9 Å². The fourth-order valence-electron chi connectivity index (χ4n) is 3.28. The third-order valence-electron chi connectivity index (χ3n) is 5.07. The Morgan fingerprint density at radius 2 is 2.07 bits per heavy atom. The molecule has 1 unspecified atom stereocenters. The standard InChI is InChI=1S/C21H30N4O3S/c1-4-6-11-25-20(16-7-9-18(27-3)10-8-16)22-23-21(25)29-15-19(26)24-12-13-28-17(5-2)14-24/h7-10,17H,4-6,11-15H2,1-3H3. The Morgan fingerprint density at radius 1 is 1.28 bits per heavy atom. The highest BCUT2D eigenvalue weighted by Crippen LogP contribution is 2.26. The summed E-state index contributed by atoms with van der Waals surface area (Å²) in [7, 11) is 1.65. The van der Waals surface area contributed by atoms with Crippen molar-refractivity contribution in [1.29, 1.82) is 0 Å². The van der Waals surface area contributed by atoms with Gasteiger partial charge in [0.25, 0.3) is 0 Å². The lowest BCUT2D eigenvalue weighted by molar-refractivity contribution is -0.135. The predicted octanol–water partition coefficient (Wildman–Crippen LogP) is 3.48. The van der Waals surface area contributed by atoms with Crippen LogP contribution < -0.4 is 4.74 Å². The van der Waals surface area contributed by atoms with Gasteiger partial charge in [0.2, 0.25) is 5.91 Å². The van der Waals surface area contributed by atoms with Crippen molar-refractivity contribution < 1.29 is 14.3 Å². The summed E-state index contributed by atoms with van der Waals surface area (Å²) in [6, 6.07) is 7.83. The first-order chi connectivity index (χ1) is 14.2. The second-order valence-electron chi connectivity index (χ2n) is 7.07. The summed E-state index contributed by atoms with van der Waals surface area (Å²) >= 11 is 1.46. The van der Waals surface area contributed by atoms with E-state index in [9.17, 15) is 4.79 Å². The zero-order chi connectivity index (χ0) is 20.6. The number of hydrogen-bond donors (Lipinski definition) is 0. The minimum absolute atomic E-state index is 0.132. The SMILES string of the molecule is CCCCn1c(SCC(=O)N2CCOC(CC)C2)nnc1-c1ccc(OC)cc1. The van der Waals surface area contributed by atoms with Crippen molar-refractivity contribution >= 4 is 17.7 Å². The molecule has 1 atom stereocenters. The van der Waals surface area contributed by atoms with Crippen LogP contribution in [0.15, 0.2) is 29.4 Å². The van der Waals surface area contributed by atoms with Crippen LogP contribution in [0.5, 0.6) is 5.75 Å². The minimum atomic E-state index is 0.132. The Kier molecular flexibility index (Phi) is 7.94. The first kappa shape index (κ1) is 21.6. The molecule has 1 aromatic heterocycles. The molecule has 0 aliphatic carbocycles. The van der Waals surface area contributed by atoms with Crippen LogP contribution in [0.4, 0.5) is 0 Å². The molecule has 0 saturated carbocycles. The van der Waals surface area contributed by atoms with Crippen molar-refractivity contribution in [3.63, 3.8) is 0 Å². The van der Waals surface area contributed by atoms with E-state index in [1.165, 1.54) is 11.8 Å². The van der Waals surface area contributed by atoms with E-state index < -0.39 is 0 Å². The second kappa shape index (κ2) is 10.6. The van der Waals surface area contributed by atoms with Gasteiger partial charge >= 0.3 is 0 Å². The summed E-state index contributed by atoms with van der Waals surface area (Å²) < 4.78 is 13.0. The molecule has 7 nitrogen and oxygen atoms in total. The Hall–Kier alpha value is -2.06. The number of carbonyl (C=O) groups is 1. The van der Waals surface area contributed by atoms with Gasteiger partial charge in [-0.05, 0) is 37.1 Å². The number of ether oxygens (including phenoxy) is 2. The molecule has 1 aromatic carbocycles. The molecular formula is C21H30N4O3S. The van der Waals surface area contributed by atoms with E-state index in [1.807, 2.05) is 29.2 Å². The number of amides is 1. The van der Waals surface area contributed by atoms with E-state index in [-0.39, 0.29) is 12.0 Å². The number of hydrogen-bond acceptors (Lipinski definition) is 6. The lowest BCUT2D eigenvalue weighted by Crippen LogP contribution is -2.46. The van der Waals surface area contributed by atoms with Gasteiger partial charge in [-0.3, -0.25) is 4.79 Å². The molecule has 1 aliphatic heterocycles. The molecule has 29 heavy (non-hydrogen) atoms. The molecule has 1 saturated heterocycles. The third-order valence-corrected chi connectivity index (χ3v) is 6.02. The van der Waals surface area contributed by atoms with Gasteiger partial charge in [-0.25, -0.2) is 0 Å². The fourth-order valence-corrected chi connectivity index (χ4v) is 4.14. The van der Waals surface area contributed by atoms with E-state index in [0.29, 0.717) is 25.4 Å². The van der Waals surface area contributed by atoms with Crippen molar-refractivity contribution in [2.75, 3.05) is 32.6 Å². The highest BCUT2D eigenvalue weighted by Gasteiger charge is 2.24. The van der Waals surface area contributed by atoms with Gasteiger partial charge < -0.3 is 18.9 Å². The van der Waals surface area contributed by atoms with Gasteiger partial charge in [0.05, 0.1) is 25.6 Å². The fraction of sp³-hybridized carbons (Fsp3) is 0.571. The molecule has 8 heteroatoms. The van der Waals surface area contributed by atoms with Gasteiger partial charge in [-0.1, -0.05) is 32.0 Å². The molecule has 3 rings (SSSR count). The zero-order valence-corrected chi connectivity index (χ0v) is 18.3. The number of aromatic nitrogens is 3. The Morgan fingerprint density at radius 3 is 2.76 bits per heavy atom. The molecular weight excluding hydrogens is 388 g/mol. The summed E-state index contributed by atoms with van der Waals surface area (Å²) in [6.07, 6.45) is 3.18. The van der Waals surface area contributed by atoms with Gasteiger partial charge in [0, 0.05) is 25.2 Å². The third kappa shape index (κ3) is 5.51. The summed E-state index contributed by atoms with van der Waals surface area (Å²) in [5.41, 5.74) is 0.992. The van der Waals surface area contributed by atoms with Crippen LogP contribution in [0.2, 0.25) is 0 Å². The van der Waals surface area contributed by atoms with Gasteiger partial charge in [0.1, 0.15) is 5.75 Å². The number of morpholine rings is 1. The van der Waals surface area contributed by atoms with Crippen molar-refractivity contribution in [1.82, 2.24) is 19.7 Å². The van der Waals surface area contributed by atoms with Crippen LogP contribution in [0.3, 0.4) is 0 Å². The van der Waals surface area contributed by atoms with Gasteiger partial charge in [0.15, 0.2) is 11.0 Å². The first-order valence-corrected chi connectivity index (χ1v) is 11.2. The Labute approximate surface area is 176 Å². The maximum Gasteiger partial charge on any atom is 0.233 e. The first-order valence-electron chi connectivity index (χ1n) is 10.3. The molecule has 0 spiro atoms. The van der Waals surface area contributed by atoms with Crippen LogP contribution in [0.1, 0.15) is 33.1 Å². The van der Waals surface area contributed by atoms with Gasteiger partial charge in [-0.2, -0.15) is 0 Å². The number of thioether (sulfide) groups is 1. The van der Waals surface area contributed by atoms with Crippen LogP contribution >= 0.6 is 11.8 Å². The molecule has 1 fully saturated rings. The largest absolute Gasteiger partial charge is 0.497 e. The molecule has 0 N–H and O–H groups in total. The van der Waals surface area contributed by atoms with Crippen molar-refractivity contribution in [2.24, 2.45) is 0 Å².